The number of hydrogen-bond donors (Lipinski definition) is 0. The molecular formula is C124H76O3. The molecule has 0 saturated heterocycles. The van der Waals surface area contributed by atoms with Crippen molar-refractivity contribution in [1.82, 2.24) is 0 Å². The van der Waals surface area contributed by atoms with Gasteiger partial charge in [-0.3, -0.25) is 0 Å². The Hall–Kier alpha value is -16.7. The molecule has 0 fully saturated rings. The normalized spacial score (nSPS) is 11.8. The van der Waals surface area contributed by atoms with Gasteiger partial charge in [0.05, 0.1) is 0 Å². The minimum absolute atomic E-state index is 0.918. The van der Waals surface area contributed by atoms with Gasteiger partial charge in [-0.2, -0.15) is 0 Å². The minimum Gasteiger partial charge on any atom is -0.455 e. The lowest BCUT2D eigenvalue weighted by Gasteiger charge is -2.19. The van der Waals surface area contributed by atoms with Crippen LogP contribution in [0, 0.1) is 0 Å². The quantitative estimate of drug-likeness (QED) is 0.142. The Bertz CT molecular complexity index is 8970. The summed E-state index contributed by atoms with van der Waals surface area (Å²) in [5, 5.41) is 31.4. The molecule has 0 N–H and O–H groups in total. The fourth-order valence-electron chi connectivity index (χ4n) is 20.7. The number of furan rings is 3. The van der Waals surface area contributed by atoms with E-state index >= 15 is 0 Å². The van der Waals surface area contributed by atoms with E-state index in [0.717, 1.165) is 87.9 Å². The number of benzene rings is 24. The van der Waals surface area contributed by atoms with Crippen molar-refractivity contribution < 1.29 is 13.3 Å². The van der Waals surface area contributed by atoms with Crippen LogP contribution in [0.1, 0.15) is 0 Å². The van der Waals surface area contributed by atoms with Crippen molar-refractivity contribution >= 4 is 174 Å². The van der Waals surface area contributed by atoms with E-state index in [0.29, 0.717) is 0 Å². The molecule has 0 atom stereocenters. The van der Waals surface area contributed by atoms with Crippen LogP contribution >= 0.6 is 0 Å². The van der Waals surface area contributed by atoms with E-state index in [1.54, 1.807) is 0 Å². The molecule has 0 unspecified atom stereocenters. The van der Waals surface area contributed by atoms with E-state index < -0.39 is 0 Å². The number of rotatable bonds is 8. The summed E-state index contributed by atoms with van der Waals surface area (Å²) in [6.45, 7) is 0. The lowest BCUT2D eigenvalue weighted by atomic mass is 9.83. The third-order valence-corrected chi connectivity index (χ3v) is 26.3. The van der Waals surface area contributed by atoms with E-state index in [1.165, 1.54) is 175 Å². The molecule has 24 aromatic carbocycles. The largest absolute Gasteiger partial charge is 0.455 e. The fraction of sp³-hybridized carbons (Fsp3) is 0. The van der Waals surface area contributed by atoms with Gasteiger partial charge in [0.2, 0.25) is 0 Å². The first-order valence-corrected chi connectivity index (χ1v) is 43.7. The van der Waals surface area contributed by atoms with E-state index in [9.17, 15) is 0 Å². The first-order valence-electron chi connectivity index (χ1n) is 43.7. The van der Waals surface area contributed by atoms with Crippen LogP contribution in [0.4, 0.5) is 0 Å². The monoisotopic (exact) mass is 1610 g/mol. The van der Waals surface area contributed by atoms with Crippen LogP contribution in [0.2, 0.25) is 0 Å². The van der Waals surface area contributed by atoms with Gasteiger partial charge in [0.15, 0.2) is 0 Å². The Labute approximate surface area is 731 Å². The SMILES string of the molecule is c1ccc(-c2c3ccccc3c(-c3cccc4c3oc3c5ccccc5ccc43)c3ccccc23)cc1.c1ccc(-c2ccc(-c3c4ccccc4c(-c4cccc5c4oc4cc6ccccc6cc45)c4ccccc34)c3ccccc23)cc1.c1ccc(-c2cccc(-c3c4ccccc4c(-c4cccc5c4oc4cc6ccccc6cc45)c4ccccc34)c2)cc1. The topological polar surface area (TPSA) is 39.4 Å². The van der Waals surface area contributed by atoms with Crippen LogP contribution in [0.15, 0.2) is 474 Å². The van der Waals surface area contributed by atoms with Gasteiger partial charge < -0.3 is 13.3 Å². The highest BCUT2D eigenvalue weighted by atomic mass is 16.3. The molecule has 3 nitrogen and oxygen atoms in total. The lowest BCUT2D eigenvalue weighted by molar-refractivity contribution is 0.670. The summed E-state index contributed by atoms with van der Waals surface area (Å²) >= 11 is 0. The van der Waals surface area contributed by atoms with Gasteiger partial charge in [0.1, 0.15) is 33.5 Å². The first kappa shape index (κ1) is 73.0. The fourth-order valence-corrected chi connectivity index (χ4v) is 20.7. The summed E-state index contributed by atoms with van der Waals surface area (Å²) in [6, 6.07) is 166. The van der Waals surface area contributed by atoms with Crippen LogP contribution in [-0.2, 0) is 0 Å². The Morgan fingerprint density at radius 1 is 0.110 bits per heavy atom. The van der Waals surface area contributed by atoms with Crippen LogP contribution < -0.4 is 0 Å². The van der Waals surface area contributed by atoms with Crippen molar-refractivity contribution in [1.29, 1.82) is 0 Å². The van der Waals surface area contributed by atoms with Crippen molar-refractivity contribution in [3.05, 3.63) is 461 Å². The molecule has 0 saturated carbocycles. The van der Waals surface area contributed by atoms with Gasteiger partial charge in [-0.15, -0.1) is 0 Å². The Kier molecular flexibility index (Phi) is 17.3. The molecule has 0 aliphatic rings. The Morgan fingerprint density at radius 3 is 0.819 bits per heavy atom. The second-order valence-electron chi connectivity index (χ2n) is 33.3. The van der Waals surface area contributed by atoms with Crippen molar-refractivity contribution in [2.45, 2.75) is 0 Å². The molecule has 3 heterocycles. The molecule has 3 aromatic heterocycles. The maximum absolute atomic E-state index is 6.77. The maximum Gasteiger partial charge on any atom is 0.143 e. The van der Waals surface area contributed by atoms with Crippen molar-refractivity contribution in [3.63, 3.8) is 0 Å². The predicted molar refractivity (Wildman–Crippen MR) is 540 cm³/mol. The summed E-state index contributed by atoms with van der Waals surface area (Å²) in [5.41, 5.74) is 25.0. The molecule has 27 rings (SSSR count). The Morgan fingerprint density at radius 2 is 0.386 bits per heavy atom. The van der Waals surface area contributed by atoms with Crippen molar-refractivity contribution in [3.8, 4) is 89.0 Å². The molecule has 0 spiro atoms. The third-order valence-electron chi connectivity index (χ3n) is 26.3. The second-order valence-corrected chi connectivity index (χ2v) is 33.3. The Balaban J connectivity index is 0.000000104. The lowest BCUT2D eigenvalue weighted by Crippen LogP contribution is -1.92. The smallest absolute Gasteiger partial charge is 0.143 e. The van der Waals surface area contributed by atoms with E-state index in [-0.39, 0.29) is 0 Å². The average Bonchev–Trinajstić information content (AvgIpc) is 1.66. The molecule has 0 radical (unpaired) electrons. The third kappa shape index (κ3) is 12.0. The van der Waals surface area contributed by atoms with Crippen LogP contribution in [0.25, 0.3) is 263 Å². The number of para-hydroxylation sites is 3. The highest BCUT2D eigenvalue weighted by Gasteiger charge is 2.27. The van der Waals surface area contributed by atoms with Crippen LogP contribution in [-0.4, -0.2) is 0 Å². The minimum atomic E-state index is 0.918. The summed E-state index contributed by atoms with van der Waals surface area (Å²) in [4.78, 5) is 0. The summed E-state index contributed by atoms with van der Waals surface area (Å²) in [7, 11) is 0. The summed E-state index contributed by atoms with van der Waals surface area (Å²) in [5.74, 6) is 0. The molecule has 0 aliphatic carbocycles. The highest BCUT2D eigenvalue weighted by molar-refractivity contribution is 6.30. The number of hydrogen-bond acceptors (Lipinski definition) is 3. The molecule has 0 bridgehead atoms. The zero-order valence-electron chi connectivity index (χ0n) is 69.1. The van der Waals surface area contributed by atoms with Gasteiger partial charge in [-0.05, 0) is 194 Å². The van der Waals surface area contributed by atoms with Crippen LogP contribution in [0.3, 0.4) is 0 Å². The predicted octanol–water partition coefficient (Wildman–Crippen LogP) is 35.6. The molecule has 3 heteroatoms. The zero-order chi connectivity index (χ0) is 83.6. The summed E-state index contributed by atoms with van der Waals surface area (Å²) < 4.78 is 20.3. The second kappa shape index (κ2) is 30.1. The molecule has 590 valence electrons. The summed E-state index contributed by atoms with van der Waals surface area (Å²) in [6.07, 6.45) is 0. The molecule has 0 aliphatic heterocycles. The maximum atomic E-state index is 6.77. The number of fused-ring (bicyclic) bond motifs is 20. The van der Waals surface area contributed by atoms with Gasteiger partial charge in [-0.1, -0.05) is 425 Å². The zero-order valence-corrected chi connectivity index (χ0v) is 69.1. The van der Waals surface area contributed by atoms with E-state index in [4.69, 9.17) is 13.3 Å². The average molecular weight is 1610 g/mol. The van der Waals surface area contributed by atoms with Crippen molar-refractivity contribution in [2.75, 3.05) is 0 Å². The molecule has 27 aromatic rings. The first-order chi connectivity index (χ1) is 63.0. The molecule has 0 amide bonds. The van der Waals surface area contributed by atoms with E-state index in [2.05, 4.69) is 461 Å². The van der Waals surface area contributed by atoms with Gasteiger partial charge in [0, 0.05) is 71.1 Å². The van der Waals surface area contributed by atoms with Gasteiger partial charge in [0.25, 0.3) is 0 Å². The van der Waals surface area contributed by atoms with Crippen LogP contribution in [0.5, 0.6) is 0 Å². The van der Waals surface area contributed by atoms with Gasteiger partial charge in [-0.25, -0.2) is 0 Å². The van der Waals surface area contributed by atoms with Crippen molar-refractivity contribution in [2.24, 2.45) is 0 Å². The van der Waals surface area contributed by atoms with E-state index in [1.807, 2.05) is 0 Å². The van der Waals surface area contributed by atoms with Gasteiger partial charge >= 0.3 is 0 Å². The standard InChI is InChI=1S/C46H28O.C42H26O.C36H22O/c1-2-13-29(14-3-1)32-25-26-39(34-18-7-6-17-33(32)34)44-35-19-8-10-21-37(35)45(38-22-11-9-20-36(38)44)41-24-12-23-40-42-27-30-15-4-5-16-31(30)28-43(42)47-46(40)41;1-2-12-27(13-3-1)28-16-10-17-31(24-28)40-32-18-6-8-20-34(32)41(35-21-9-7-19-33(35)40)37-23-11-22-36-38-25-29-14-4-5-15-30(29)26-39(38)43-42(36)37;1-2-12-24(13-3-1)33-26-15-6-8-17-28(26)34(29-18-9-7-16-27(29)33)32-20-10-19-30-31-22-21-23-11-4-5-14-25(23)35(31)37-36(30)32/h1-28H;1-26H;1-22H. The highest BCUT2D eigenvalue weighted by Crippen LogP contribution is 2.53. The molecule has 127 heavy (non-hydrogen) atoms. The molecular weight excluding hydrogens is 1540 g/mol.